The van der Waals surface area contributed by atoms with E-state index in [-0.39, 0.29) is 0 Å². The van der Waals surface area contributed by atoms with E-state index in [1.54, 1.807) is 0 Å². The Morgan fingerprint density at radius 1 is 0.889 bits per heavy atom. The maximum atomic E-state index is 4.79. The Hall–Kier alpha value is -2.15. The molecule has 0 radical (unpaired) electrons. The van der Waals surface area contributed by atoms with E-state index < -0.39 is 0 Å². The Balaban J connectivity index is 2.26. The fourth-order valence-corrected chi connectivity index (χ4v) is 2.30. The molecular weight excluding hydrogens is 218 g/mol. The molecule has 0 unspecified atom stereocenters. The number of aromatic nitrogens is 1. The van der Waals surface area contributed by atoms with Crippen LogP contribution < -0.4 is 0 Å². The molecule has 0 saturated carbocycles. The number of fused-ring (bicyclic) bond motifs is 1. The summed E-state index contributed by atoms with van der Waals surface area (Å²) in [6.45, 7) is 2.16. The number of nitrogens with zero attached hydrogens (tertiary/aromatic N) is 1. The molecule has 0 bridgehead atoms. The first-order valence-corrected chi connectivity index (χ1v) is 6.32. The normalized spacial score (nSPS) is 10.7. The van der Waals surface area contributed by atoms with Gasteiger partial charge in [0.25, 0.3) is 0 Å². The number of hydrogen-bond acceptors (Lipinski definition) is 1. The quantitative estimate of drug-likeness (QED) is 0.636. The summed E-state index contributed by atoms with van der Waals surface area (Å²) in [5.74, 6) is 0. The van der Waals surface area contributed by atoms with Crippen LogP contribution in [0.15, 0.2) is 60.7 Å². The highest BCUT2D eigenvalue weighted by Crippen LogP contribution is 2.24. The molecule has 3 aromatic rings. The summed E-state index contributed by atoms with van der Waals surface area (Å²) in [5, 5.41) is 2.53. The van der Waals surface area contributed by atoms with Crippen LogP contribution in [-0.2, 0) is 6.42 Å². The van der Waals surface area contributed by atoms with Crippen molar-refractivity contribution in [1.29, 1.82) is 0 Å². The van der Waals surface area contributed by atoms with Crippen LogP contribution in [0.5, 0.6) is 0 Å². The molecule has 3 rings (SSSR count). The molecule has 0 aliphatic rings. The highest BCUT2D eigenvalue weighted by molar-refractivity contribution is 5.87. The van der Waals surface area contributed by atoms with Crippen LogP contribution in [0.4, 0.5) is 0 Å². The Morgan fingerprint density at radius 2 is 1.61 bits per heavy atom. The number of pyridine rings is 1. The van der Waals surface area contributed by atoms with Gasteiger partial charge in [-0.25, -0.2) is 0 Å². The Labute approximate surface area is 107 Å². The maximum absolute atomic E-state index is 4.79. The minimum atomic E-state index is 0.960. The zero-order chi connectivity index (χ0) is 12.4. The van der Waals surface area contributed by atoms with Crippen LogP contribution in [0.2, 0.25) is 0 Å². The third-order valence-corrected chi connectivity index (χ3v) is 3.22. The average Bonchev–Trinajstić information content (AvgIpc) is 2.47. The van der Waals surface area contributed by atoms with Crippen molar-refractivity contribution in [3.8, 4) is 11.3 Å². The molecule has 88 valence electrons. The van der Waals surface area contributed by atoms with Crippen molar-refractivity contribution in [2.45, 2.75) is 13.3 Å². The lowest BCUT2D eigenvalue weighted by molar-refractivity contribution is 1.06. The molecule has 0 N–H and O–H groups in total. The van der Waals surface area contributed by atoms with Gasteiger partial charge in [0.15, 0.2) is 0 Å². The second kappa shape index (κ2) is 4.61. The average molecular weight is 233 g/mol. The lowest BCUT2D eigenvalue weighted by atomic mass is 10.0. The van der Waals surface area contributed by atoms with Crippen LogP contribution in [-0.4, -0.2) is 4.98 Å². The summed E-state index contributed by atoms with van der Waals surface area (Å²) in [5.41, 5.74) is 3.41. The fourth-order valence-electron chi connectivity index (χ4n) is 2.30. The molecule has 0 amide bonds. The summed E-state index contributed by atoms with van der Waals surface area (Å²) < 4.78 is 0. The van der Waals surface area contributed by atoms with Crippen molar-refractivity contribution in [2.75, 3.05) is 0 Å². The van der Waals surface area contributed by atoms with Crippen molar-refractivity contribution >= 4 is 10.8 Å². The fraction of sp³-hybridized carbons (Fsp3) is 0.118. The predicted octanol–water partition coefficient (Wildman–Crippen LogP) is 4.46. The van der Waals surface area contributed by atoms with E-state index in [1.165, 1.54) is 22.0 Å². The lowest BCUT2D eigenvalue weighted by Crippen LogP contribution is -1.92. The summed E-state index contributed by atoms with van der Waals surface area (Å²) in [7, 11) is 0. The van der Waals surface area contributed by atoms with Crippen molar-refractivity contribution in [3.63, 3.8) is 0 Å². The third kappa shape index (κ3) is 1.88. The zero-order valence-electron chi connectivity index (χ0n) is 10.4. The number of hydrogen-bond donors (Lipinski definition) is 0. The molecule has 0 aliphatic carbocycles. The summed E-state index contributed by atoms with van der Waals surface area (Å²) in [6.07, 6.45) is 0.960. The summed E-state index contributed by atoms with van der Waals surface area (Å²) in [6, 6.07) is 21.0. The van der Waals surface area contributed by atoms with Gasteiger partial charge >= 0.3 is 0 Å². The summed E-state index contributed by atoms with van der Waals surface area (Å²) in [4.78, 5) is 4.79. The van der Waals surface area contributed by atoms with Gasteiger partial charge in [0, 0.05) is 16.6 Å². The molecule has 0 saturated heterocycles. The Bertz CT molecular complexity index is 672. The van der Waals surface area contributed by atoms with E-state index in [0.29, 0.717) is 0 Å². The van der Waals surface area contributed by atoms with Gasteiger partial charge in [0.05, 0.1) is 5.69 Å². The number of aryl methyl sites for hydroxylation is 1. The second-order valence-electron chi connectivity index (χ2n) is 4.39. The van der Waals surface area contributed by atoms with Crippen molar-refractivity contribution in [3.05, 3.63) is 66.4 Å². The van der Waals surface area contributed by atoms with E-state index in [1.807, 2.05) is 6.07 Å². The first-order chi connectivity index (χ1) is 8.88. The molecule has 18 heavy (non-hydrogen) atoms. The molecule has 0 atom stereocenters. The van der Waals surface area contributed by atoms with Crippen molar-refractivity contribution in [1.82, 2.24) is 4.98 Å². The van der Waals surface area contributed by atoms with E-state index in [4.69, 9.17) is 4.98 Å². The standard InChI is InChI=1S/C17H15N/c1-2-16-15-11-7-6-10-14(15)12-17(18-16)13-8-4-3-5-9-13/h3-12H,2H2,1H3. The molecule has 0 spiro atoms. The first kappa shape index (κ1) is 11.0. The zero-order valence-corrected chi connectivity index (χ0v) is 10.4. The van der Waals surface area contributed by atoms with Crippen LogP contribution in [0.1, 0.15) is 12.6 Å². The van der Waals surface area contributed by atoms with Gasteiger partial charge < -0.3 is 0 Å². The highest BCUT2D eigenvalue weighted by atomic mass is 14.7. The molecule has 2 aromatic carbocycles. The highest BCUT2D eigenvalue weighted by Gasteiger charge is 2.05. The predicted molar refractivity (Wildman–Crippen MR) is 76.6 cm³/mol. The molecular formula is C17H15N. The van der Waals surface area contributed by atoms with E-state index in [9.17, 15) is 0 Å². The van der Waals surface area contributed by atoms with E-state index in [0.717, 1.165) is 12.1 Å². The maximum Gasteiger partial charge on any atom is 0.0711 e. The topological polar surface area (TPSA) is 12.9 Å². The van der Waals surface area contributed by atoms with Gasteiger partial charge in [0.1, 0.15) is 0 Å². The smallest absolute Gasteiger partial charge is 0.0711 e. The van der Waals surface area contributed by atoms with Gasteiger partial charge in [-0.05, 0) is 17.9 Å². The monoisotopic (exact) mass is 233 g/mol. The minimum Gasteiger partial charge on any atom is -0.252 e. The van der Waals surface area contributed by atoms with Crippen molar-refractivity contribution < 1.29 is 0 Å². The molecule has 1 heteroatoms. The van der Waals surface area contributed by atoms with Crippen molar-refractivity contribution in [2.24, 2.45) is 0 Å². The lowest BCUT2D eigenvalue weighted by Gasteiger charge is -2.08. The molecule has 1 heterocycles. The second-order valence-corrected chi connectivity index (χ2v) is 4.39. The van der Waals surface area contributed by atoms with Gasteiger partial charge in [-0.1, -0.05) is 61.5 Å². The first-order valence-electron chi connectivity index (χ1n) is 6.32. The van der Waals surface area contributed by atoms with Gasteiger partial charge in [-0.2, -0.15) is 0 Å². The Kier molecular flexibility index (Phi) is 2.81. The Morgan fingerprint density at radius 3 is 2.39 bits per heavy atom. The number of benzene rings is 2. The molecule has 0 fully saturated rings. The van der Waals surface area contributed by atoms with Crippen LogP contribution in [0.3, 0.4) is 0 Å². The largest absolute Gasteiger partial charge is 0.252 e. The summed E-state index contributed by atoms with van der Waals surface area (Å²) >= 11 is 0. The van der Waals surface area contributed by atoms with Gasteiger partial charge in [-0.15, -0.1) is 0 Å². The third-order valence-electron chi connectivity index (χ3n) is 3.22. The van der Waals surface area contributed by atoms with Gasteiger partial charge in [0.2, 0.25) is 0 Å². The molecule has 1 aromatic heterocycles. The van der Waals surface area contributed by atoms with Crippen LogP contribution >= 0.6 is 0 Å². The van der Waals surface area contributed by atoms with E-state index in [2.05, 4.69) is 61.5 Å². The molecule has 0 aliphatic heterocycles. The SMILES string of the molecule is CCc1nc(-c2ccccc2)cc2ccccc12. The van der Waals surface area contributed by atoms with Crippen LogP contribution in [0.25, 0.3) is 22.0 Å². The van der Waals surface area contributed by atoms with E-state index >= 15 is 0 Å². The van der Waals surface area contributed by atoms with Gasteiger partial charge in [-0.3, -0.25) is 4.98 Å². The van der Waals surface area contributed by atoms with Crippen LogP contribution in [0, 0.1) is 0 Å². The minimum absolute atomic E-state index is 0.960. The molecule has 1 nitrogen and oxygen atoms in total. The number of rotatable bonds is 2.